The van der Waals surface area contributed by atoms with Crippen LogP contribution in [-0.4, -0.2) is 71.5 Å². The summed E-state index contributed by atoms with van der Waals surface area (Å²) < 4.78 is 0. The number of fused-ring (bicyclic) bond motifs is 1. The predicted octanol–water partition coefficient (Wildman–Crippen LogP) is 4.23. The Bertz CT molecular complexity index is 677. The Balaban J connectivity index is 1.43. The van der Waals surface area contributed by atoms with Crippen LogP contribution in [-0.2, 0) is 0 Å². The summed E-state index contributed by atoms with van der Waals surface area (Å²) in [5, 5.41) is 20.0. The van der Waals surface area contributed by atoms with Gasteiger partial charge in [0.25, 0.3) is 0 Å². The highest BCUT2D eigenvalue weighted by atomic mass is 16.3. The number of nitrogens with zero attached hydrogens (tertiary/aromatic N) is 2. The predicted molar refractivity (Wildman–Crippen MR) is 128 cm³/mol. The van der Waals surface area contributed by atoms with Crippen LogP contribution in [0.15, 0.2) is 23.3 Å². The molecule has 2 N–H and O–H groups in total. The molecule has 1 heterocycles. The van der Waals surface area contributed by atoms with E-state index in [1.165, 1.54) is 63.9 Å². The molecule has 3 saturated carbocycles. The summed E-state index contributed by atoms with van der Waals surface area (Å²) in [4.78, 5) is 5.21. The van der Waals surface area contributed by atoms with Gasteiger partial charge in [-0.3, -0.25) is 4.90 Å². The average Bonchev–Trinajstić information content (AvgIpc) is 3.05. The maximum absolute atomic E-state index is 10.0. The van der Waals surface area contributed by atoms with E-state index in [9.17, 15) is 10.2 Å². The Labute approximate surface area is 190 Å². The minimum Gasteiger partial charge on any atom is -0.393 e. The summed E-state index contributed by atoms with van der Waals surface area (Å²) >= 11 is 0. The molecule has 4 aliphatic rings. The lowest BCUT2D eigenvalue weighted by molar-refractivity contribution is 0.0434. The van der Waals surface area contributed by atoms with Crippen molar-refractivity contribution in [3.63, 3.8) is 0 Å². The van der Waals surface area contributed by atoms with E-state index in [1.54, 1.807) is 5.57 Å². The molecule has 7 atom stereocenters. The third-order valence-corrected chi connectivity index (χ3v) is 9.29. The second kappa shape index (κ2) is 9.67. The van der Waals surface area contributed by atoms with Gasteiger partial charge in [-0.15, -0.1) is 0 Å². The van der Waals surface area contributed by atoms with Gasteiger partial charge in [0, 0.05) is 32.2 Å². The fraction of sp³-hybridized carbons (Fsp3) is 0.852. The highest BCUT2D eigenvalue weighted by Gasteiger charge is 2.50. The zero-order valence-electron chi connectivity index (χ0n) is 20.4. The molecular formula is C27H46N2O2. The van der Waals surface area contributed by atoms with Crippen molar-refractivity contribution in [3.05, 3.63) is 23.3 Å². The molecule has 4 heteroatoms. The number of rotatable bonds is 4. The summed E-state index contributed by atoms with van der Waals surface area (Å²) in [5.74, 6) is 2.29. The van der Waals surface area contributed by atoms with E-state index in [0.29, 0.717) is 23.8 Å². The Morgan fingerprint density at radius 3 is 2.58 bits per heavy atom. The molecule has 1 aliphatic heterocycles. The molecule has 1 saturated heterocycles. The third kappa shape index (κ3) is 5.13. The normalized spacial score (nSPS) is 42.6. The largest absolute Gasteiger partial charge is 0.393 e. The van der Waals surface area contributed by atoms with Gasteiger partial charge < -0.3 is 15.1 Å². The molecule has 4 rings (SSSR count). The van der Waals surface area contributed by atoms with Gasteiger partial charge in [0.15, 0.2) is 0 Å². The number of aliphatic hydroxyl groups is 2. The van der Waals surface area contributed by atoms with Crippen LogP contribution in [0.4, 0.5) is 0 Å². The first kappa shape index (κ1) is 23.5. The highest BCUT2D eigenvalue weighted by molar-refractivity contribution is 5.26. The van der Waals surface area contributed by atoms with E-state index in [1.807, 2.05) is 0 Å². The number of aliphatic hydroxyl groups excluding tert-OH is 2. The van der Waals surface area contributed by atoms with Gasteiger partial charge in [0.1, 0.15) is 0 Å². The van der Waals surface area contributed by atoms with Crippen LogP contribution in [0.25, 0.3) is 0 Å². The summed E-state index contributed by atoms with van der Waals surface area (Å²) in [7, 11) is 2.25. The molecule has 0 unspecified atom stereocenters. The number of hydrogen-bond acceptors (Lipinski definition) is 4. The Morgan fingerprint density at radius 2 is 1.87 bits per heavy atom. The number of allylic oxidation sites excluding steroid dienone is 3. The maximum Gasteiger partial charge on any atom is 0.0602 e. The fourth-order valence-electron chi connectivity index (χ4n) is 7.69. The molecule has 0 amide bonds. The molecule has 0 aromatic heterocycles. The third-order valence-electron chi connectivity index (χ3n) is 9.29. The highest BCUT2D eigenvalue weighted by Crippen LogP contribution is 2.59. The maximum atomic E-state index is 10.0. The average molecular weight is 431 g/mol. The summed E-state index contributed by atoms with van der Waals surface area (Å²) in [6, 6.07) is 0.667. The van der Waals surface area contributed by atoms with Gasteiger partial charge in [0.2, 0.25) is 0 Å². The first-order valence-electron chi connectivity index (χ1n) is 12.9. The minimum absolute atomic E-state index is 0.376. The van der Waals surface area contributed by atoms with E-state index >= 15 is 0 Å². The van der Waals surface area contributed by atoms with Crippen LogP contribution in [0.1, 0.15) is 72.1 Å². The van der Waals surface area contributed by atoms with Gasteiger partial charge in [-0.2, -0.15) is 0 Å². The topological polar surface area (TPSA) is 46.9 Å². The molecule has 4 nitrogen and oxygen atoms in total. The lowest BCUT2D eigenvalue weighted by atomic mass is 9.61. The van der Waals surface area contributed by atoms with Crippen molar-refractivity contribution < 1.29 is 10.2 Å². The second-order valence-corrected chi connectivity index (χ2v) is 11.7. The van der Waals surface area contributed by atoms with E-state index in [2.05, 4.69) is 49.8 Å². The quantitative estimate of drug-likeness (QED) is 0.701. The molecule has 31 heavy (non-hydrogen) atoms. The minimum atomic E-state index is -0.376. The zero-order valence-corrected chi connectivity index (χ0v) is 20.4. The second-order valence-electron chi connectivity index (χ2n) is 11.7. The number of hydrogen-bond donors (Lipinski definition) is 2. The molecule has 0 spiro atoms. The Morgan fingerprint density at radius 1 is 1.13 bits per heavy atom. The van der Waals surface area contributed by atoms with Gasteiger partial charge in [-0.1, -0.05) is 37.1 Å². The molecule has 0 aromatic rings. The molecule has 0 aromatic carbocycles. The van der Waals surface area contributed by atoms with Crippen molar-refractivity contribution in [2.45, 2.75) is 90.4 Å². The van der Waals surface area contributed by atoms with Gasteiger partial charge in [-0.25, -0.2) is 0 Å². The van der Waals surface area contributed by atoms with Crippen molar-refractivity contribution in [1.29, 1.82) is 0 Å². The molecule has 3 aliphatic carbocycles. The number of piperazine rings is 1. The van der Waals surface area contributed by atoms with Crippen molar-refractivity contribution in [3.8, 4) is 0 Å². The van der Waals surface area contributed by atoms with Crippen LogP contribution in [0, 0.1) is 23.2 Å². The standard InChI is InChI=1S/C27H46N2O2/c1-19(17-29-13-12-28(4)18-20(29)2)25-9-10-26-22(6-5-11-27(25,26)3)8-7-21-14-23(30)16-24(31)15-21/h7-8,19-20,23-26,30-31H,5-6,9-18H2,1-4H3/b22-8+/t19-,20+,23-,24-,25-,26+,27-/m1/s1. The van der Waals surface area contributed by atoms with Crippen molar-refractivity contribution in [2.24, 2.45) is 23.2 Å². The van der Waals surface area contributed by atoms with Gasteiger partial charge in [0.05, 0.1) is 12.2 Å². The zero-order chi connectivity index (χ0) is 22.2. The monoisotopic (exact) mass is 430 g/mol. The lowest BCUT2D eigenvalue weighted by Crippen LogP contribution is -2.52. The van der Waals surface area contributed by atoms with Crippen LogP contribution < -0.4 is 0 Å². The molecule has 4 fully saturated rings. The van der Waals surface area contributed by atoms with E-state index in [-0.39, 0.29) is 12.2 Å². The Kier molecular flexibility index (Phi) is 7.32. The number of likely N-dealkylation sites (N-methyl/N-ethyl adjacent to an activating group) is 1. The molecule has 176 valence electrons. The van der Waals surface area contributed by atoms with Crippen LogP contribution in [0.2, 0.25) is 0 Å². The van der Waals surface area contributed by atoms with Crippen molar-refractivity contribution in [2.75, 3.05) is 33.2 Å². The molecular weight excluding hydrogens is 384 g/mol. The van der Waals surface area contributed by atoms with Crippen molar-refractivity contribution in [1.82, 2.24) is 9.80 Å². The molecule has 0 bridgehead atoms. The molecule has 0 radical (unpaired) electrons. The van der Waals surface area contributed by atoms with Crippen LogP contribution >= 0.6 is 0 Å². The smallest absolute Gasteiger partial charge is 0.0602 e. The van der Waals surface area contributed by atoms with Gasteiger partial charge in [-0.05, 0) is 88.5 Å². The van der Waals surface area contributed by atoms with E-state index in [0.717, 1.165) is 24.7 Å². The van der Waals surface area contributed by atoms with Crippen molar-refractivity contribution >= 4 is 0 Å². The van der Waals surface area contributed by atoms with Gasteiger partial charge >= 0.3 is 0 Å². The summed E-state index contributed by atoms with van der Waals surface area (Å²) in [6.07, 6.45) is 12.5. The summed E-state index contributed by atoms with van der Waals surface area (Å²) in [5.41, 5.74) is 3.29. The van der Waals surface area contributed by atoms with E-state index < -0.39 is 0 Å². The SMILES string of the molecule is C[C@H](CN1CCN(C)C[C@@H]1C)[C@H]1CC[C@H]2/C(=C/C=C3C[C@@H](O)C[C@H](O)C3)CCC[C@]12C. The van der Waals surface area contributed by atoms with Crippen LogP contribution in [0.3, 0.4) is 0 Å². The summed E-state index contributed by atoms with van der Waals surface area (Å²) in [6.45, 7) is 12.4. The van der Waals surface area contributed by atoms with E-state index in [4.69, 9.17) is 0 Å². The lowest BCUT2D eigenvalue weighted by Gasteiger charge is -2.46. The first-order chi connectivity index (χ1) is 14.8. The Hall–Kier alpha value is -0.680. The first-order valence-corrected chi connectivity index (χ1v) is 12.9. The fourth-order valence-corrected chi connectivity index (χ4v) is 7.69. The van der Waals surface area contributed by atoms with Crippen LogP contribution in [0.5, 0.6) is 0 Å².